The van der Waals surface area contributed by atoms with Crippen molar-refractivity contribution in [3.8, 4) is 0 Å². The van der Waals surface area contributed by atoms with E-state index in [4.69, 9.17) is 4.74 Å². The lowest BCUT2D eigenvalue weighted by Crippen LogP contribution is -2.50. The van der Waals surface area contributed by atoms with Crippen LogP contribution >= 0.6 is 0 Å². The average Bonchev–Trinajstić information content (AvgIpc) is 2.73. The van der Waals surface area contributed by atoms with Gasteiger partial charge >= 0.3 is 6.09 Å². The van der Waals surface area contributed by atoms with Crippen LogP contribution in [0.1, 0.15) is 38.8 Å². The van der Waals surface area contributed by atoms with E-state index in [0.717, 1.165) is 29.9 Å². The Kier molecular flexibility index (Phi) is 7.21. The van der Waals surface area contributed by atoms with E-state index in [2.05, 4.69) is 17.0 Å². The Bertz CT molecular complexity index is 884. The number of hydrogen-bond donors (Lipinski definition) is 0. The molecule has 6 nitrogen and oxygen atoms in total. The second-order valence-electron chi connectivity index (χ2n) is 8.94. The van der Waals surface area contributed by atoms with Crippen molar-refractivity contribution >= 4 is 17.7 Å². The molecular formula is C25H33N3O3. The van der Waals surface area contributed by atoms with E-state index >= 15 is 0 Å². The monoisotopic (exact) mass is 423 g/mol. The summed E-state index contributed by atoms with van der Waals surface area (Å²) in [5.74, 6) is 0.0494. The predicted octanol–water partition coefficient (Wildman–Crippen LogP) is 4.29. The summed E-state index contributed by atoms with van der Waals surface area (Å²) < 4.78 is 5.50. The van der Waals surface area contributed by atoms with E-state index in [1.54, 1.807) is 11.8 Å². The summed E-state index contributed by atoms with van der Waals surface area (Å²) in [6, 6.07) is 18.3. The minimum Gasteiger partial charge on any atom is -0.444 e. The zero-order valence-corrected chi connectivity index (χ0v) is 19.0. The number of benzene rings is 2. The molecule has 0 N–H and O–H groups in total. The van der Waals surface area contributed by atoms with E-state index in [9.17, 15) is 9.59 Å². The van der Waals surface area contributed by atoms with Crippen LogP contribution in [0, 0.1) is 0 Å². The van der Waals surface area contributed by atoms with Gasteiger partial charge < -0.3 is 19.4 Å². The van der Waals surface area contributed by atoms with Gasteiger partial charge in [-0.3, -0.25) is 4.79 Å². The van der Waals surface area contributed by atoms with Crippen molar-refractivity contribution in [2.24, 2.45) is 0 Å². The largest absolute Gasteiger partial charge is 0.444 e. The maximum atomic E-state index is 12.4. The molecule has 0 aromatic heterocycles. The third kappa shape index (κ3) is 6.48. The van der Waals surface area contributed by atoms with Crippen molar-refractivity contribution in [3.63, 3.8) is 0 Å². The molecule has 1 saturated heterocycles. The number of rotatable bonds is 5. The van der Waals surface area contributed by atoms with Gasteiger partial charge in [-0.15, -0.1) is 0 Å². The Morgan fingerprint density at radius 1 is 0.903 bits per heavy atom. The number of carbonyl (C=O) groups is 2. The maximum Gasteiger partial charge on any atom is 0.410 e. The summed E-state index contributed by atoms with van der Waals surface area (Å²) in [7, 11) is 0. The van der Waals surface area contributed by atoms with E-state index in [1.165, 1.54) is 0 Å². The van der Waals surface area contributed by atoms with Gasteiger partial charge in [-0.25, -0.2) is 4.79 Å². The van der Waals surface area contributed by atoms with Gasteiger partial charge in [-0.2, -0.15) is 0 Å². The quantitative estimate of drug-likeness (QED) is 0.720. The van der Waals surface area contributed by atoms with E-state index in [-0.39, 0.29) is 12.0 Å². The molecule has 166 valence electrons. The van der Waals surface area contributed by atoms with Crippen LogP contribution in [0.2, 0.25) is 0 Å². The molecule has 0 bridgehead atoms. The molecule has 1 fully saturated rings. The number of piperazine rings is 1. The smallest absolute Gasteiger partial charge is 0.410 e. The lowest BCUT2D eigenvalue weighted by Gasteiger charge is -2.38. The highest BCUT2D eigenvalue weighted by Crippen LogP contribution is 2.24. The molecule has 0 spiro atoms. The van der Waals surface area contributed by atoms with Crippen LogP contribution < -0.4 is 4.90 Å². The molecule has 6 heteroatoms. The molecule has 0 aliphatic carbocycles. The zero-order chi connectivity index (χ0) is 22.4. The van der Waals surface area contributed by atoms with E-state index < -0.39 is 5.60 Å². The zero-order valence-electron chi connectivity index (χ0n) is 19.0. The Morgan fingerprint density at radius 3 is 2.13 bits per heavy atom. The molecule has 0 atom stereocenters. The van der Waals surface area contributed by atoms with Gasteiger partial charge in [0.05, 0.1) is 0 Å². The molecule has 1 aliphatic heterocycles. The predicted molar refractivity (Wildman–Crippen MR) is 123 cm³/mol. The number of para-hydroxylation sites is 1. The Hall–Kier alpha value is -3.02. The second kappa shape index (κ2) is 9.86. The molecule has 0 saturated carbocycles. The first-order valence-electron chi connectivity index (χ1n) is 10.8. The van der Waals surface area contributed by atoms with Gasteiger partial charge in [0.25, 0.3) is 0 Å². The molecule has 1 heterocycles. The highest BCUT2D eigenvalue weighted by molar-refractivity contribution is 5.73. The summed E-state index contributed by atoms with van der Waals surface area (Å²) in [5.41, 5.74) is 2.85. The molecule has 2 aromatic rings. The fraction of sp³-hybridized carbons (Fsp3) is 0.440. The van der Waals surface area contributed by atoms with Gasteiger partial charge in [0.15, 0.2) is 0 Å². The first-order valence-corrected chi connectivity index (χ1v) is 10.8. The molecule has 3 rings (SSSR count). The van der Waals surface area contributed by atoms with Gasteiger partial charge in [0.2, 0.25) is 5.91 Å². The fourth-order valence-corrected chi connectivity index (χ4v) is 3.70. The van der Waals surface area contributed by atoms with Gasteiger partial charge in [-0.1, -0.05) is 48.5 Å². The van der Waals surface area contributed by atoms with Gasteiger partial charge in [0.1, 0.15) is 5.60 Å². The molecule has 1 aliphatic rings. The van der Waals surface area contributed by atoms with E-state index in [0.29, 0.717) is 26.2 Å². The summed E-state index contributed by atoms with van der Waals surface area (Å²) in [5, 5.41) is 0. The number of hydrogen-bond acceptors (Lipinski definition) is 4. The van der Waals surface area contributed by atoms with Crippen LogP contribution in [0.5, 0.6) is 0 Å². The van der Waals surface area contributed by atoms with Crippen molar-refractivity contribution < 1.29 is 14.3 Å². The third-order valence-electron chi connectivity index (χ3n) is 5.29. The first kappa shape index (κ1) is 22.7. The first-order chi connectivity index (χ1) is 14.7. The summed E-state index contributed by atoms with van der Waals surface area (Å²) in [4.78, 5) is 30.6. The molecule has 0 unspecified atom stereocenters. The van der Waals surface area contributed by atoms with Crippen molar-refractivity contribution in [2.45, 2.75) is 46.4 Å². The average molecular weight is 424 g/mol. The molecular weight excluding hydrogens is 390 g/mol. The second-order valence-corrected chi connectivity index (χ2v) is 8.94. The van der Waals surface area contributed by atoms with Crippen LogP contribution in [0.4, 0.5) is 10.5 Å². The molecule has 2 amide bonds. The summed E-state index contributed by atoms with van der Waals surface area (Å²) in [6.07, 6.45) is -0.258. The van der Waals surface area contributed by atoms with Crippen LogP contribution in [0.25, 0.3) is 0 Å². The summed E-state index contributed by atoms with van der Waals surface area (Å²) in [6.45, 7) is 11.1. The van der Waals surface area contributed by atoms with E-state index in [1.807, 2.05) is 68.1 Å². The number of anilines is 1. The minimum atomic E-state index is -0.490. The van der Waals surface area contributed by atoms with Crippen LogP contribution in [0.3, 0.4) is 0 Å². The van der Waals surface area contributed by atoms with Crippen LogP contribution in [0.15, 0.2) is 54.6 Å². The number of nitrogens with zero attached hydrogens (tertiary/aromatic N) is 3. The van der Waals surface area contributed by atoms with Crippen LogP contribution in [-0.4, -0.2) is 53.6 Å². The third-order valence-corrected chi connectivity index (χ3v) is 5.29. The SMILES string of the molecule is CC(=O)N(Cc1ccccc1)Cc1ccccc1N1CCN(C(=O)OC(C)(C)C)CC1. The van der Waals surface area contributed by atoms with Crippen molar-refractivity contribution in [1.82, 2.24) is 9.80 Å². The van der Waals surface area contributed by atoms with Crippen molar-refractivity contribution in [3.05, 3.63) is 65.7 Å². The maximum absolute atomic E-state index is 12.4. The molecule has 2 aromatic carbocycles. The number of carbonyl (C=O) groups excluding carboxylic acids is 2. The lowest BCUT2D eigenvalue weighted by atomic mass is 10.1. The lowest BCUT2D eigenvalue weighted by molar-refractivity contribution is -0.130. The topological polar surface area (TPSA) is 53.1 Å². The normalized spacial score (nSPS) is 14.3. The number of ether oxygens (including phenoxy) is 1. The van der Waals surface area contributed by atoms with Crippen molar-refractivity contribution in [1.29, 1.82) is 0 Å². The molecule has 31 heavy (non-hydrogen) atoms. The molecule has 0 radical (unpaired) electrons. The van der Waals surface area contributed by atoms with Crippen LogP contribution in [-0.2, 0) is 22.6 Å². The highest BCUT2D eigenvalue weighted by Gasteiger charge is 2.27. The Balaban J connectivity index is 1.68. The standard InChI is InChI=1S/C25H33N3O3/c1-20(29)28(18-21-10-6-5-7-11-21)19-22-12-8-9-13-23(22)26-14-16-27(17-15-26)24(30)31-25(2,3)4/h5-13H,14-19H2,1-4H3. The fourth-order valence-electron chi connectivity index (χ4n) is 3.70. The minimum absolute atomic E-state index is 0.0494. The Labute approximate surface area is 185 Å². The van der Waals surface area contributed by atoms with Gasteiger partial charge in [0, 0.05) is 51.9 Å². The summed E-state index contributed by atoms with van der Waals surface area (Å²) >= 11 is 0. The van der Waals surface area contributed by atoms with Gasteiger partial charge in [-0.05, 0) is 38.0 Å². The Morgan fingerprint density at radius 2 is 1.52 bits per heavy atom. The highest BCUT2D eigenvalue weighted by atomic mass is 16.6. The number of amides is 2. The van der Waals surface area contributed by atoms with Crippen molar-refractivity contribution in [2.75, 3.05) is 31.1 Å².